The lowest BCUT2D eigenvalue weighted by molar-refractivity contribution is 0.177. The van der Waals surface area contributed by atoms with Gasteiger partial charge in [0.15, 0.2) is 0 Å². The van der Waals surface area contributed by atoms with Crippen LogP contribution in [0.1, 0.15) is 19.3 Å². The predicted molar refractivity (Wildman–Crippen MR) is 87.1 cm³/mol. The molecule has 0 aliphatic carbocycles. The number of hydrogen-bond acceptors (Lipinski definition) is 4. The summed E-state index contributed by atoms with van der Waals surface area (Å²) in [5.41, 5.74) is 1.23. The molecule has 2 aliphatic heterocycles. The predicted octanol–water partition coefficient (Wildman–Crippen LogP) is 2.00. The molecule has 0 amide bonds. The van der Waals surface area contributed by atoms with Crippen LogP contribution in [-0.2, 0) is 0 Å². The summed E-state index contributed by atoms with van der Waals surface area (Å²) in [7, 11) is 0. The van der Waals surface area contributed by atoms with Crippen LogP contribution in [0.15, 0.2) is 24.3 Å². The minimum atomic E-state index is 0.346. The second-order valence-corrected chi connectivity index (χ2v) is 6.25. The average molecular weight is 289 g/mol. The summed E-state index contributed by atoms with van der Waals surface area (Å²) in [6.07, 6.45) is 4.19. The van der Waals surface area contributed by atoms with Crippen molar-refractivity contribution in [2.24, 2.45) is 0 Å². The van der Waals surface area contributed by atoms with E-state index in [-0.39, 0.29) is 0 Å². The van der Waals surface area contributed by atoms with E-state index in [0.717, 1.165) is 26.2 Å². The Bertz CT molecular complexity index is 420. The number of aromatic hydroxyl groups is 1. The lowest BCUT2D eigenvalue weighted by atomic mass is 10.1. The van der Waals surface area contributed by atoms with Crippen molar-refractivity contribution in [3.8, 4) is 5.75 Å². The molecule has 1 aromatic rings. The van der Waals surface area contributed by atoms with Crippen LogP contribution in [0.5, 0.6) is 5.75 Å². The molecule has 2 fully saturated rings. The number of piperazine rings is 1. The molecule has 2 heterocycles. The molecular formula is C17H27N3O. The first-order valence-electron chi connectivity index (χ1n) is 8.30. The maximum Gasteiger partial charge on any atom is 0.115 e. The van der Waals surface area contributed by atoms with E-state index in [1.807, 2.05) is 12.1 Å². The molecule has 0 bridgehead atoms. The minimum absolute atomic E-state index is 0.346. The normalized spacial score (nSPS) is 21.6. The minimum Gasteiger partial charge on any atom is -0.508 e. The highest BCUT2D eigenvalue weighted by Gasteiger charge is 2.18. The van der Waals surface area contributed by atoms with Crippen LogP contribution in [0.3, 0.4) is 0 Å². The molecular weight excluding hydrogens is 262 g/mol. The van der Waals surface area contributed by atoms with Crippen molar-refractivity contribution in [3.05, 3.63) is 24.3 Å². The van der Waals surface area contributed by atoms with Gasteiger partial charge in [-0.25, -0.2) is 0 Å². The van der Waals surface area contributed by atoms with Crippen molar-refractivity contribution in [1.29, 1.82) is 0 Å². The van der Waals surface area contributed by atoms with Crippen molar-refractivity contribution in [1.82, 2.24) is 9.80 Å². The van der Waals surface area contributed by atoms with Crippen LogP contribution >= 0.6 is 0 Å². The van der Waals surface area contributed by atoms with E-state index >= 15 is 0 Å². The van der Waals surface area contributed by atoms with Gasteiger partial charge < -0.3 is 14.9 Å². The fourth-order valence-corrected chi connectivity index (χ4v) is 3.36. The Hall–Kier alpha value is -1.26. The van der Waals surface area contributed by atoms with Crippen molar-refractivity contribution in [3.63, 3.8) is 0 Å². The van der Waals surface area contributed by atoms with Crippen LogP contribution in [-0.4, -0.2) is 67.3 Å². The van der Waals surface area contributed by atoms with Crippen LogP contribution in [0.2, 0.25) is 0 Å². The number of rotatable bonds is 4. The molecule has 2 saturated heterocycles. The van der Waals surface area contributed by atoms with E-state index in [4.69, 9.17) is 0 Å². The average Bonchev–Trinajstić information content (AvgIpc) is 2.55. The standard InChI is InChI=1S/C17H27N3O/c21-17-6-4-16(5-7-17)20-14-12-19(13-15-20)11-10-18-8-2-1-3-9-18/h4-7,21H,1-3,8-15H2. The molecule has 116 valence electrons. The van der Waals surface area contributed by atoms with Crippen LogP contribution in [0, 0.1) is 0 Å². The third kappa shape index (κ3) is 4.11. The van der Waals surface area contributed by atoms with Gasteiger partial charge in [0.05, 0.1) is 0 Å². The maximum atomic E-state index is 9.36. The summed E-state index contributed by atoms with van der Waals surface area (Å²) in [6.45, 7) is 9.52. The maximum absolute atomic E-state index is 9.36. The Morgan fingerprint density at radius 3 is 1.90 bits per heavy atom. The first-order valence-corrected chi connectivity index (χ1v) is 8.30. The molecule has 2 aliphatic rings. The monoisotopic (exact) mass is 289 g/mol. The molecule has 0 aromatic heterocycles. The number of nitrogens with zero attached hydrogens (tertiary/aromatic N) is 3. The largest absolute Gasteiger partial charge is 0.508 e. The zero-order valence-corrected chi connectivity index (χ0v) is 12.9. The first-order chi connectivity index (χ1) is 10.3. The second kappa shape index (κ2) is 7.14. The molecule has 3 rings (SSSR count). The van der Waals surface area contributed by atoms with Crippen LogP contribution < -0.4 is 4.90 Å². The number of phenolic OH excluding ortho intramolecular Hbond substituents is 1. The third-order valence-electron chi connectivity index (χ3n) is 4.77. The van der Waals surface area contributed by atoms with Gasteiger partial charge in [0.25, 0.3) is 0 Å². The van der Waals surface area contributed by atoms with E-state index in [1.165, 1.54) is 51.1 Å². The highest BCUT2D eigenvalue weighted by atomic mass is 16.3. The topological polar surface area (TPSA) is 30.0 Å². The zero-order chi connectivity index (χ0) is 14.5. The smallest absolute Gasteiger partial charge is 0.115 e. The number of piperidine rings is 1. The SMILES string of the molecule is Oc1ccc(N2CCN(CCN3CCCCC3)CC2)cc1. The van der Waals surface area contributed by atoms with E-state index in [0.29, 0.717) is 5.75 Å². The van der Waals surface area contributed by atoms with Gasteiger partial charge >= 0.3 is 0 Å². The van der Waals surface area contributed by atoms with Gasteiger partial charge in [-0.1, -0.05) is 6.42 Å². The number of phenols is 1. The fourth-order valence-electron chi connectivity index (χ4n) is 3.36. The first kappa shape index (κ1) is 14.7. The number of likely N-dealkylation sites (tertiary alicyclic amines) is 1. The Morgan fingerprint density at radius 1 is 0.714 bits per heavy atom. The molecule has 21 heavy (non-hydrogen) atoms. The molecule has 4 heteroatoms. The van der Waals surface area contributed by atoms with Gasteiger partial charge in [-0.3, -0.25) is 4.90 Å². The number of hydrogen-bond donors (Lipinski definition) is 1. The molecule has 0 atom stereocenters. The second-order valence-electron chi connectivity index (χ2n) is 6.25. The Balaban J connectivity index is 1.41. The molecule has 0 unspecified atom stereocenters. The van der Waals surface area contributed by atoms with Gasteiger partial charge in [0.2, 0.25) is 0 Å². The molecule has 1 aromatic carbocycles. The Labute approximate surface area is 128 Å². The van der Waals surface area contributed by atoms with Gasteiger partial charge in [0, 0.05) is 45.0 Å². The number of benzene rings is 1. The quantitative estimate of drug-likeness (QED) is 0.918. The summed E-state index contributed by atoms with van der Waals surface area (Å²) in [5.74, 6) is 0.346. The summed E-state index contributed by atoms with van der Waals surface area (Å²) in [6, 6.07) is 7.58. The van der Waals surface area contributed by atoms with Crippen LogP contribution in [0.25, 0.3) is 0 Å². The van der Waals surface area contributed by atoms with E-state index < -0.39 is 0 Å². The van der Waals surface area contributed by atoms with E-state index in [9.17, 15) is 5.11 Å². The lowest BCUT2D eigenvalue weighted by Crippen LogP contribution is -2.48. The van der Waals surface area contributed by atoms with Crippen molar-refractivity contribution >= 4 is 5.69 Å². The summed E-state index contributed by atoms with van der Waals surface area (Å²) in [5, 5.41) is 9.36. The molecule has 0 saturated carbocycles. The van der Waals surface area contributed by atoms with E-state index in [2.05, 4.69) is 14.7 Å². The Morgan fingerprint density at radius 2 is 1.29 bits per heavy atom. The molecule has 0 radical (unpaired) electrons. The third-order valence-corrected chi connectivity index (χ3v) is 4.77. The van der Waals surface area contributed by atoms with Gasteiger partial charge in [-0.05, 0) is 50.2 Å². The molecule has 0 spiro atoms. The summed E-state index contributed by atoms with van der Waals surface area (Å²) < 4.78 is 0. The lowest BCUT2D eigenvalue weighted by Gasteiger charge is -2.37. The summed E-state index contributed by atoms with van der Waals surface area (Å²) in [4.78, 5) is 7.62. The van der Waals surface area contributed by atoms with Crippen molar-refractivity contribution in [2.75, 3.05) is 57.3 Å². The molecule has 1 N–H and O–H groups in total. The molecule has 4 nitrogen and oxygen atoms in total. The zero-order valence-electron chi connectivity index (χ0n) is 12.9. The highest BCUT2D eigenvalue weighted by Crippen LogP contribution is 2.19. The number of anilines is 1. The van der Waals surface area contributed by atoms with Crippen molar-refractivity contribution in [2.45, 2.75) is 19.3 Å². The van der Waals surface area contributed by atoms with E-state index in [1.54, 1.807) is 12.1 Å². The van der Waals surface area contributed by atoms with Crippen LogP contribution in [0.4, 0.5) is 5.69 Å². The Kier molecular flexibility index (Phi) is 4.99. The highest BCUT2D eigenvalue weighted by molar-refractivity contribution is 5.49. The van der Waals surface area contributed by atoms with Gasteiger partial charge in [0.1, 0.15) is 5.75 Å². The summed E-state index contributed by atoms with van der Waals surface area (Å²) >= 11 is 0. The van der Waals surface area contributed by atoms with Gasteiger partial charge in [-0.15, -0.1) is 0 Å². The van der Waals surface area contributed by atoms with Gasteiger partial charge in [-0.2, -0.15) is 0 Å². The van der Waals surface area contributed by atoms with Crippen molar-refractivity contribution < 1.29 is 5.11 Å². The fraction of sp³-hybridized carbons (Fsp3) is 0.647.